The molecule has 1 aliphatic carbocycles. The number of amides is 1. The summed E-state index contributed by atoms with van der Waals surface area (Å²) in [6.45, 7) is 0. The number of carbonyl (C=O) groups is 2. The molecular weight excluding hydrogens is 470 g/mol. The van der Waals surface area contributed by atoms with Crippen molar-refractivity contribution in [1.82, 2.24) is 9.97 Å². The first-order chi connectivity index (χ1) is 16.5. The molecule has 3 N–H and O–H groups in total. The maximum Gasteiger partial charge on any atom is 0.335 e. The summed E-state index contributed by atoms with van der Waals surface area (Å²) in [7, 11) is 0. The van der Waals surface area contributed by atoms with Gasteiger partial charge in [0.2, 0.25) is 5.91 Å². The summed E-state index contributed by atoms with van der Waals surface area (Å²) >= 11 is 2.56. The largest absolute Gasteiger partial charge is 0.478 e. The number of hydrogen-bond donors (Lipinski definition) is 3. The van der Waals surface area contributed by atoms with Crippen LogP contribution in [0.25, 0.3) is 21.3 Å². The van der Waals surface area contributed by atoms with Crippen LogP contribution in [-0.2, 0) is 17.6 Å². The molecule has 5 rings (SSSR count). The number of fused-ring (bicyclic) bond motifs is 2. The van der Waals surface area contributed by atoms with Gasteiger partial charge in [-0.2, -0.15) is 0 Å². The number of aromatic nitrogens is 2. The monoisotopic (exact) mass is 491 g/mol. The number of carbonyl (C=O) groups excluding carboxylic acids is 1. The van der Waals surface area contributed by atoms with Gasteiger partial charge < -0.3 is 15.4 Å². The summed E-state index contributed by atoms with van der Waals surface area (Å²) in [5.74, 6) is -1.25. The fraction of sp³-hybridized carbons (Fsp3) is 0.200. The molecule has 172 valence electrons. The fourth-order valence-corrected chi connectivity index (χ4v) is 5.80. The third kappa shape index (κ3) is 4.62. The highest BCUT2D eigenvalue weighted by atomic mass is 32.2. The van der Waals surface area contributed by atoms with Crippen molar-refractivity contribution in [2.75, 3.05) is 11.1 Å². The SMILES string of the molecule is O=C(CSc1nc2scc(-c3ccc4c(c3)CCCC4)c2c(=O)[nH]1)Nc1ccc(C(=O)O)cc1. The lowest BCUT2D eigenvalue weighted by Gasteiger charge is -2.16. The van der Waals surface area contributed by atoms with Gasteiger partial charge in [0.1, 0.15) is 4.83 Å². The van der Waals surface area contributed by atoms with Gasteiger partial charge in [0, 0.05) is 16.6 Å². The molecular formula is C25H21N3O4S2. The molecule has 2 aromatic carbocycles. The van der Waals surface area contributed by atoms with Gasteiger partial charge in [0.05, 0.1) is 16.7 Å². The number of anilines is 1. The normalized spacial score (nSPS) is 12.9. The van der Waals surface area contributed by atoms with Crippen LogP contribution in [-0.4, -0.2) is 32.7 Å². The second-order valence-corrected chi connectivity index (χ2v) is 9.93. The Morgan fingerprint density at radius 3 is 2.62 bits per heavy atom. The molecule has 0 aliphatic heterocycles. The lowest BCUT2D eigenvalue weighted by molar-refractivity contribution is -0.113. The molecule has 0 bridgehead atoms. The Hall–Kier alpha value is -3.43. The zero-order chi connectivity index (χ0) is 23.7. The number of hydrogen-bond acceptors (Lipinski definition) is 6. The van der Waals surface area contributed by atoms with E-state index in [4.69, 9.17) is 5.11 Å². The summed E-state index contributed by atoms with van der Waals surface area (Å²) in [5, 5.41) is 14.6. The summed E-state index contributed by atoms with van der Waals surface area (Å²) < 4.78 is 0. The molecule has 2 heterocycles. The van der Waals surface area contributed by atoms with E-state index in [1.165, 1.54) is 59.6 Å². The standard InChI is InChI=1S/C25H21N3O4S2/c29-20(26-18-9-7-15(8-10-18)24(31)32)13-34-25-27-22(30)21-19(12-33-23(21)28-25)17-6-5-14-3-1-2-4-16(14)11-17/h5-12H,1-4,13H2,(H,26,29)(H,31,32)(H,27,28,30). The molecule has 2 aromatic heterocycles. The van der Waals surface area contributed by atoms with Crippen LogP contribution in [0, 0.1) is 0 Å². The van der Waals surface area contributed by atoms with E-state index in [-0.39, 0.29) is 22.8 Å². The van der Waals surface area contributed by atoms with Crippen LogP contribution in [0.4, 0.5) is 5.69 Å². The van der Waals surface area contributed by atoms with Crippen molar-refractivity contribution in [1.29, 1.82) is 0 Å². The van der Waals surface area contributed by atoms with E-state index in [9.17, 15) is 14.4 Å². The molecule has 1 aliphatic rings. The summed E-state index contributed by atoms with van der Waals surface area (Å²) in [6, 6.07) is 12.4. The molecule has 7 nitrogen and oxygen atoms in total. The predicted octanol–water partition coefficient (Wildman–Crippen LogP) is 4.96. The van der Waals surface area contributed by atoms with E-state index in [2.05, 4.69) is 33.5 Å². The fourth-order valence-electron chi connectivity index (χ4n) is 4.14. The summed E-state index contributed by atoms with van der Waals surface area (Å²) in [4.78, 5) is 44.1. The van der Waals surface area contributed by atoms with Gasteiger partial charge in [0.15, 0.2) is 5.16 Å². The molecule has 9 heteroatoms. The lowest BCUT2D eigenvalue weighted by Crippen LogP contribution is -2.15. The third-order valence-corrected chi connectivity index (χ3v) is 7.58. The summed E-state index contributed by atoms with van der Waals surface area (Å²) in [6.07, 6.45) is 4.62. The Labute approximate surface area is 203 Å². The molecule has 0 spiro atoms. The number of aromatic amines is 1. The van der Waals surface area contributed by atoms with Gasteiger partial charge in [-0.05, 0) is 66.6 Å². The van der Waals surface area contributed by atoms with E-state index in [1.807, 2.05) is 5.38 Å². The highest BCUT2D eigenvalue weighted by Crippen LogP contribution is 2.34. The highest BCUT2D eigenvalue weighted by molar-refractivity contribution is 7.99. The quantitative estimate of drug-likeness (QED) is 0.260. The molecule has 0 saturated heterocycles. The molecule has 0 unspecified atom stereocenters. The van der Waals surface area contributed by atoms with Crippen LogP contribution < -0.4 is 10.9 Å². The first kappa shape index (κ1) is 22.4. The van der Waals surface area contributed by atoms with Crippen molar-refractivity contribution < 1.29 is 14.7 Å². The van der Waals surface area contributed by atoms with Crippen LogP contribution >= 0.6 is 23.1 Å². The molecule has 4 aromatic rings. The topological polar surface area (TPSA) is 112 Å². The van der Waals surface area contributed by atoms with E-state index < -0.39 is 5.97 Å². The van der Waals surface area contributed by atoms with Crippen molar-refractivity contribution in [3.63, 3.8) is 0 Å². The van der Waals surface area contributed by atoms with Crippen molar-refractivity contribution in [2.24, 2.45) is 0 Å². The first-order valence-electron chi connectivity index (χ1n) is 10.9. The Kier molecular flexibility index (Phi) is 6.21. The van der Waals surface area contributed by atoms with Gasteiger partial charge >= 0.3 is 5.97 Å². The third-order valence-electron chi connectivity index (χ3n) is 5.84. The second kappa shape index (κ2) is 9.44. The lowest BCUT2D eigenvalue weighted by atomic mass is 9.89. The van der Waals surface area contributed by atoms with E-state index in [0.29, 0.717) is 21.1 Å². The van der Waals surface area contributed by atoms with Gasteiger partial charge in [-0.3, -0.25) is 9.59 Å². The molecule has 1 amide bonds. The minimum atomic E-state index is -1.03. The van der Waals surface area contributed by atoms with Crippen LogP contribution in [0.3, 0.4) is 0 Å². The number of benzene rings is 2. The number of H-pyrrole nitrogens is 1. The number of thiophene rings is 1. The average Bonchev–Trinajstić information content (AvgIpc) is 3.27. The summed E-state index contributed by atoms with van der Waals surface area (Å²) in [5.41, 5.74) is 5.12. The Morgan fingerprint density at radius 1 is 1.09 bits per heavy atom. The Balaban J connectivity index is 1.30. The smallest absolute Gasteiger partial charge is 0.335 e. The number of nitrogens with zero attached hydrogens (tertiary/aromatic N) is 1. The van der Waals surface area contributed by atoms with Crippen molar-refractivity contribution in [3.05, 3.63) is 74.9 Å². The molecule has 0 fully saturated rings. The number of thioether (sulfide) groups is 1. The van der Waals surface area contributed by atoms with Crippen LogP contribution in [0.2, 0.25) is 0 Å². The average molecular weight is 492 g/mol. The van der Waals surface area contributed by atoms with Gasteiger partial charge in [-0.25, -0.2) is 9.78 Å². The minimum absolute atomic E-state index is 0.0538. The van der Waals surface area contributed by atoms with E-state index in [1.54, 1.807) is 0 Å². The molecule has 0 saturated carbocycles. The van der Waals surface area contributed by atoms with Gasteiger partial charge in [-0.15, -0.1) is 11.3 Å². The number of nitrogens with one attached hydrogen (secondary N) is 2. The number of aryl methyl sites for hydroxylation is 2. The number of aromatic carboxylic acids is 1. The molecule has 34 heavy (non-hydrogen) atoms. The number of carboxylic acids is 1. The van der Waals surface area contributed by atoms with Crippen molar-refractivity contribution in [2.45, 2.75) is 30.8 Å². The highest BCUT2D eigenvalue weighted by Gasteiger charge is 2.16. The van der Waals surface area contributed by atoms with Crippen LogP contribution in [0.15, 0.2) is 57.8 Å². The molecule has 0 radical (unpaired) electrons. The Morgan fingerprint density at radius 2 is 1.85 bits per heavy atom. The number of carboxylic acid groups (broad SMARTS) is 1. The van der Waals surface area contributed by atoms with Gasteiger partial charge in [-0.1, -0.05) is 30.0 Å². The zero-order valence-corrected chi connectivity index (χ0v) is 19.7. The van der Waals surface area contributed by atoms with Crippen molar-refractivity contribution >= 4 is 50.9 Å². The van der Waals surface area contributed by atoms with Crippen LogP contribution in [0.1, 0.15) is 34.3 Å². The number of rotatable bonds is 6. The molecule has 0 atom stereocenters. The predicted molar refractivity (Wildman–Crippen MR) is 135 cm³/mol. The maximum atomic E-state index is 12.9. The first-order valence-corrected chi connectivity index (χ1v) is 12.7. The van der Waals surface area contributed by atoms with E-state index in [0.717, 1.165) is 35.7 Å². The van der Waals surface area contributed by atoms with Crippen molar-refractivity contribution in [3.8, 4) is 11.1 Å². The van der Waals surface area contributed by atoms with Gasteiger partial charge in [0.25, 0.3) is 5.56 Å². The maximum absolute atomic E-state index is 12.9. The Bertz CT molecular complexity index is 1460. The van der Waals surface area contributed by atoms with Crippen LogP contribution in [0.5, 0.6) is 0 Å². The second-order valence-electron chi connectivity index (χ2n) is 8.11. The zero-order valence-electron chi connectivity index (χ0n) is 18.1. The van der Waals surface area contributed by atoms with E-state index >= 15 is 0 Å². The minimum Gasteiger partial charge on any atom is -0.478 e.